The van der Waals surface area contributed by atoms with Crippen molar-refractivity contribution in [3.05, 3.63) is 64.2 Å². The number of benzene rings is 2. The molecule has 3 rings (SSSR count). The van der Waals surface area contributed by atoms with Crippen molar-refractivity contribution in [1.29, 1.82) is 0 Å². The summed E-state index contributed by atoms with van der Waals surface area (Å²) < 4.78 is 12.7. The average molecular weight is 493 g/mol. The van der Waals surface area contributed by atoms with Gasteiger partial charge in [-0.1, -0.05) is 69.7 Å². The minimum Gasteiger partial charge on any atom is -0.399 e. The van der Waals surface area contributed by atoms with Crippen LogP contribution >= 0.6 is 0 Å². The summed E-state index contributed by atoms with van der Waals surface area (Å²) in [5, 5.41) is 10.8. The molecule has 1 N–H and O–H groups in total. The van der Waals surface area contributed by atoms with E-state index in [0.29, 0.717) is 0 Å². The first-order valence-corrected chi connectivity index (χ1v) is 14.1. The highest BCUT2D eigenvalue weighted by Crippen LogP contribution is 2.41. The molecule has 2 aromatic rings. The van der Waals surface area contributed by atoms with Crippen molar-refractivity contribution >= 4 is 12.6 Å². The van der Waals surface area contributed by atoms with Gasteiger partial charge in [-0.2, -0.15) is 0 Å². The van der Waals surface area contributed by atoms with Crippen LogP contribution in [0.2, 0.25) is 0 Å². The van der Waals surface area contributed by atoms with Crippen LogP contribution in [0.25, 0.3) is 0 Å². The minimum atomic E-state index is -0.557. The number of aryl methyl sites for hydroxylation is 3. The predicted octanol–water partition coefficient (Wildman–Crippen LogP) is 7.19. The Labute approximate surface area is 221 Å². The highest BCUT2D eigenvalue weighted by Gasteiger charge is 2.52. The fourth-order valence-corrected chi connectivity index (χ4v) is 5.69. The summed E-state index contributed by atoms with van der Waals surface area (Å²) in [5.74, 6) is 0. The minimum absolute atomic E-state index is 0.0455. The van der Waals surface area contributed by atoms with Crippen LogP contribution in [0.4, 0.5) is 0 Å². The van der Waals surface area contributed by atoms with Crippen LogP contribution in [0.15, 0.2) is 36.4 Å². The summed E-state index contributed by atoms with van der Waals surface area (Å²) in [5.41, 5.74) is 6.42. The molecule has 0 amide bonds. The van der Waals surface area contributed by atoms with Gasteiger partial charge in [0.1, 0.15) is 0 Å². The van der Waals surface area contributed by atoms with Crippen LogP contribution in [0.3, 0.4) is 0 Å². The maximum Gasteiger partial charge on any atom is 0.495 e. The lowest BCUT2D eigenvalue weighted by atomic mass is 9.67. The van der Waals surface area contributed by atoms with Gasteiger partial charge in [-0.3, -0.25) is 0 Å². The molecule has 0 unspecified atom stereocenters. The van der Waals surface area contributed by atoms with Gasteiger partial charge in [-0.15, -0.1) is 0 Å². The molecule has 0 saturated carbocycles. The van der Waals surface area contributed by atoms with Gasteiger partial charge >= 0.3 is 7.12 Å². The Hall–Kier alpha value is -1.62. The zero-order valence-corrected chi connectivity index (χ0v) is 24.5. The van der Waals surface area contributed by atoms with Crippen molar-refractivity contribution in [3.8, 4) is 0 Å². The molecule has 1 aliphatic rings. The van der Waals surface area contributed by atoms with E-state index in [1.54, 1.807) is 0 Å². The smallest absolute Gasteiger partial charge is 0.399 e. The molecule has 3 nitrogen and oxygen atoms in total. The number of hydrogen-bond acceptors (Lipinski definition) is 3. The van der Waals surface area contributed by atoms with E-state index >= 15 is 0 Å². The van der Waals surface area contributed by atoms with Crippen molar-refractivity contribution in [2.75, 3.05) is 0 Å². The number of hydrogen-bond donors (Lipinski definition) is 1. The Bertz CT molecular complexity index is 1030. The van der Waals surface area contributed by atoms with Gasteiger partial charge in [-0.05, 0) is 108 Å². The first kappa shape index (κ1) is 28.9. The molecule has 0 spiro atoms. The summed E-state index contributed by atoms with van der Waals surface area (Å²) in [7, 11) is -0.340. The Kier molecular flexibility index (Phi) is 8.55. The van der Waals surface area contributed by atoms with Crippen molar-refractivity contribution < 1.29 is 14.4 Å². The van der Waals surface area contributed by atoms with E-state index in [4.69, 9.17) is 9.31 Å². The molecular weight excluding hydrogens is 443 g/mol. The molecule has 1 fully saturated rings. The Morgan fingerprint density at radius 2 is 1.25 bits per heavy atom. The number of aliphatic hydroxyl groups is 1. The van der Waals surface area contributed by atoms with Gasteiger partial charge < -0.3 is 14.4 Å². The molecule has 2 aromatic carbocycles. The van der Waals surface area contributed by atoms with Gasteiger partial charge in [0.2, 0.25) is 0 Å². The van der Waals surface area contributed by atoms with Gasteiger partial charge in [-0.25, -0.2) is 0 Å². The molecule has 1 saturated heterocycles. The quantitative estimate of drug-likeness (QED) is 0.357. The lowest BCUT2D eigenvalue weighted by Gasteiger charge is -2.34. The van der Waals surface area contributed by atoms with E-state index in [0.717, 1.165) is 44.0 Å². The van der Waals surface area contributed by atoms with Crippen molar-refractivity contribution in [2.45, 2.75) is 130 Å². The third kappa shape index (κ3) is 5.33. The van der Waals surface area contributed by atoms with E-state index in [1.807, 2.05) is 0 Å². The third-order valence-electron chi connectivity index (χ3n) is 9.61. The zero-order chi connectivity index (χ0) is 26.9. The summed E-state index contributed by atoms with van der Waals surface area (Å²) in [4.78, 5) is 0. The van der Waals surface area contributed by atoms with Crippen LogP contribution in [0.5, 0.6) is 0 Å². The Balaban J connectivity index is 1.92. The van der Waals surface area contributed by atoms with E-state index in [1.165, 1.54) is 27.8 Å². The molecule has 0 bridgehead atoms. The zero-order valence-electron chi connectivity index (χ0n) is 24.5. The SMILES string of the molecule is CCC(O)(CC)CCc1ccc(C(CC)(CC)c2ccc(B3OC(C)(C)C(C)(C)O3)c(C)c2)cc1C. The van der Waals surface area contributed by atoms with Crippen molar-refractivity contribution in [1.82, 2.24) is 0 Å². The second-order valence-electron chi connectivity index (χ2n) is 12.0. The summed E-state index contributed by atoms with van der Waals surface area (Å²) >= 11 is 0. The Morgan fingerprint density at radius 1 is 0.750 bits per heavy atom. The molecule has 1 aliphatic heterocycles. The maximum absolute atomic E-state index is 10.8. The predicted molar refractivity (Wildman–Crippen MR) is 153 cm³/mol. The molecule has 0 radical (unpaired) electrons. The van der Waals surface area contributed by atoms with Gasteiger partial charge in [0, 0.05) is 5.41 Å². The van der Waals surface area contributed by atoms with E-state index in [2.05, 4.69) is 106 Å². The van der Waals surface area contributed by atoms with Crippen molar-refractivity contribution in [3.63, 3.8) is 0 Å². The van der Waals surface area contributed by atoms with E-state index in [9.17, 15) is 5.11 Å². The second-order valence-corrected chi connectivity index (χ2v) is 12.0. The molecule has 0 aliphatic carbocycles. The van der Waals surface area contributed by atoms with Crippen molar-refractivity contribution in [2.24, 2.45) is 0 Å². The van der Waals surface area contributed by atoms with E-state index < -0.39 is 5.60 Å². The largest absolute Gasteiger partial charge is 0.495 e. The maximum atomic E-state index is 10.8. The van der Waals surface area contributed by atoms with Crippen LogP contribution in [0.1, 0.15) is 115 Å². The van der Waals surface area contributed by atoms with Crippen LogP contribution in [-0.4, -0.2) is 29.0 Å². The summed E-state index contributed by atoms with van der Waals surface area (Å²) in [6.45, 7) is 21.6. The highest BCUT2D eigenvalue weighted by atomic mass is 16.7. The molecular formula is C32H49BO3. The highest BCUT2D eigenvalue weighted by molar-refractivity contribution is 6.62. The second kappa shape index (κ2) is 10.6. The van der Waals surface area contributed by atoms with Gasteiger partial charge in [0.15, 0.2) is 0 Å². The summed E-state index contributed by atoms with van der Waals surface area (Å²) in [6.07, 6.45) is 5.39. The van der Waals surface area contributed by atoms with Gasteiger partial charge in [0.25, 0.3) is 0 Å². The monoisotopic (exact) mass is 492 g/mol. The lowest BCUT2D eigenvalue weighted by molar-refractivity contribution is 0.00578. The number of rotatable bonds is 10. The average Bonchev–Trinajstić information content (AvgIpc) is 3.06. The lowest BCUT2D eigenvalue weighted by Crippen LogP contribution is -2.41. The standard InChI is InChI=1S/C32H49BO3/c1-11-31(34,12-2)20-19-25-15-16-26(21-23(25)5)32(13-3,14-4)27-17-18-28(24(6)22-27)33-35-29(7,8)30(9,10)36-33/h15-18,21-22,34H,11-14,19-20H2,1-10H3. The first-order chi connectivity index (χ1) is 16.8. The van der Waals surface area contributed by atoms with Gasteiger partial charge in [0.05, 0.1) is 16.8 Å². The van der Waals surface area contributed by atoms with Crippen LogP contribution in [0, 0.1) is 13.8 Å². The molecule has 1 heterocycles. The fraction of sp³-hybridized carbons (Fsp3) is 0.625. The Morgan fingerprint density at radius 3 is 1.69 bits per heavy atom. The molecule has 4 heteroatoms. The molecule has 36 heavy (non-hydrogen) atoms. The molecule has 198 valence electrons. The third-order valence-corrected chi connectivity index (χ3v) is 9.61. The topological polar surface area (TPSA) is 38.7 Å². The van der Waals surface area contributed by atoms with E-state index in [-0.39, 0.29) is 23.7 Å². The fourth-order valence-electron chi connectivity index (χ4n) is 5.69. The molecule has 0 aromatic heterocycles. The van der Waals surface area contributed by atoms with Crippen LogP contribution in [-0.2, 0) is 21.1 Å². The summed E-state index contributed by atoms with van der Waals surface area (Å²) in [6, 6.07) is 13.8. The normalized spacial score (nSPS) is 17.6. The first-order valence-electron chi connectivity index (χ1n) is 14.1. The molecule has 0 atom stereocenters. The van der Waals surface area contributed by atoms with Crippen LogP contribution < -0.4 is 5.46 Å².